The van der Waals surface area contributed by atoms with E-state index < -0.39 is 0 Å². The van der Waals surface area contributed by atoms with E-state index in [2.05, 4.69) is 42.9 Å². The third-order valence-electron chi connectivity index (χ3n) is 4.13. The number of nitrogens with zero attached hydrogens (tertiary/aromatic N) is 2. The van der Waals surface area contributed by atoms with Crippen molar-refractivity contribution in [3.8, 4) is 0 Å². The number of amides is 1. The molecule has 2 unspecified atom stereocenters. The topological polar surface area (TPSA) is 54.5 Å². The number of pyridine rings is 1. The average molecular weight is 305 g/mol. The van der Waals surface area contributed by atoms with Gasteiger partial charge in [0.2, 0.25) is 0 Å². The van der Waals surface area contributed by atoms with Crippen LogP contribution in [0.2, 0.25) is 0 Å². The van der Waals surface area contributed by atoms with Gasteiger partial charge in [0.15, 0.2) is 0 Å². The maximum Gasteiger partial charge on any atom is 0.252 e. The molecule has 5 heteroatoms. The molecule has 0 saturated carbocycles. The Bertz CT molecular complexity index is 503. The zero-order valence-electron chi connectivity index (χ0n) is 14.2. The third kappa shape index (κ3) is 4.27. The second kappa shape index (κ2) is 6.75. The quantitative estimate of drug-likeness (QED) is 0.924. The smallest absolute Gasteiger partial charge is 0.252 e. The van der Waals surface area contributed by atoms with Gasteiger partial charge in [0.05, 0.1) is 17.8 Å². The number of carbonyl (C=O) groups excluding carboxylic acids is 1. The third-order valence-corrected chi connectivity index (χ3v) is 4.13. The number of aryl methyl sites for hydroxylation is 1. The lowest BCUT2D eigenvalue weighted by Gasteiger charge is -2.45. The molecule has 2 atom stereocenters. The van der Waals surface area contributed by atoms with Gasteiger partial charge in [-0.15, -0.1) is 0 Å². The van der Waals surface area contributed by atoms with Crippen molar-refractivity contribution in [3.63, 3.8) is 0 Å². The molecule has 1 aliphatic heterocycles. The highest BCUT2D eigenvalue weighted by molar-refractivity contribution is 5.93. The molecule has 1 aliphatic rings. The Hall–Kier alpha value is -1.46. The fourth-order valence-electron chi connectivity index (χ4n) is 2.78. The van der Waals surface area contributed by atoms with Crippen molar-refractivity contribution in [1.82, 2.24) is 15.2 Å². The fourth-order valence-corrected chi connectivity index (χ4v) is 2.78. The first-order chi connectivity index (χ1) is 10.3. The molecule has 2 rings (SSSR count). The molecular weight excluding hydrogens is 278 g/mol. The van der Waals surface area contributed by atoms with Gasteiger partial charge in [-0.1, -0.05) is 0 Å². The summed E-state index contributed by atoms with van der Waals surface area (Å²) in [5.41, 5.74) is 1.40. The van der Waals surface area contributed by atoms with Gasteiger partial charge in [0.25, 0.3) is 5.91 Å². The van der Waals surface area contributed by atoms with Crippen LogP contribution in [0.5, 0.6) is 0 Å². The Balaban J connectivity index is 1.94. The van der Waals surface area contributed by atoms with E-state index >= 15 is 0 Å². The maximum atomic E-state index is 12.2. The normalized spacial score (nSPS) is 23.3. The molecule has 22 heavy (non-hydrogen) atoms. The SMILES string of the molecule is Cc1ccc(C(=O)NCC(C)(C)N2CC(C)OC(C)C2)cn1. The molecule has 2 heterocycles. The Morgan fingerprint density at radius 2 is 2.00 bits per heavy atom. The van der Waals surface area contributed by atoms with E-state index in [-0.39, 0.29) is 23.7 Å². The molecule has 0 radical (unpaired) electrons. The predicted octanol–water partition coefficient (Wildman–Crippen LogP) is 2.01. The maximum absolute atomic E-state index is 12.2. The first kappa shape index (κ1) is 16.9. The van der Waals surface area contributed by atoms with E-state index in [0.717, 1.165) is 18.8 Å². The van der Waals surface area contributed by atoms with Crippen molar-refractivity contribution in [2.24, 2.45) is 0 Å². The number of ether oxygens (including phenoxy) is 1. The number of morpholine rings is 1. The minimum atomic E-state index is -0.111. The van der Waals surface area contributed by atoms with Crippen LogP contribution in [0.15, 0.2) is 18.3 Å². The summed E-state index contributed by atoms with van der Waals surface area (Å²) in [4.78, 5) is 18.8. The number of carbonyl (C=O) groups is 1. The molecule has 1 aromatic rings. The molecule has 0 bridgehead atoms. The van der Waals surface area contributed by atoms with E-state index in [1.165, 1.54) is 0 Å². The minimum Gasteiger partial charge on any atom is -0.373 e. The largest absolute Gasteiger partial charge is 0.373 e. The summed E-state index contributed by atoms with van der Waals surface area (Å²) in [5.74, 6) is -0.0741. The Labute approximate surface area is 133 Å². The van der Waals surface area contributed by atoms with Crippen molar-refractivity contribution in [2.45, 2.75) is 52.4 Å². The number of rotatable bonds is 4. The van der Waals surface area contributed by atoms with Crippen LogP contribution in [0.4, 0.5) is 0 Å². The van der Waals surface area contributed by atoms with Crippen LogP contribution in [0.1, 0.15) is 43.7 Å². The van der Waals surface area contributed by atoms with Gasteiger partial charge in [-0.05, 0) is 46.8 Å². The number of hydrogen-bond acceptors (Lipinski definition) is 4. The molecule has 0 aliphatic carbocycles. The van der Waals surface area contributed by atoms with E-state index in [1.54, 1.807) is 6.20 Å². The van der Waals surface area contributed by atoms with Gasteiger partial charge in [-0.2, -0.15) is 0 Å². The highest BCUT2D eigenvalue weighted by Crippen LogP contribution is 2.20. The first-order valence-corrected chi connectivity index (χ1v) is 7.89. The van der Waals surface area contributed by atoms with Crippen LogP contribution in [0.25, 0.3) is 0 Å². The van der Waals surface area contributed by atoms with Gasteiger partial charge in [0.1, 0.15) is 0 Å². The van der Waals surface area contributed by atoms with Gasteiger partial charge >= 0.3 is 0 Å². The van der Waals surface area contributed by atoms with Crippen LogP contribution < -0.4 is 5.32 Å². The second-order valence-electron chi connectivity index (χ2n) is 6.85. The highest BCUT2D eigenvalue weighted by Gasteiger charge is 2.33. The molecule has 0 spiro atoms. The molecule has 1 fully saturated rings. The van der Waals surface area contributed by atoms with E-state index in [0.29, 0.717) is 12.1 Å². The van der Waals surface area contributed by atoms with E-state index in [4.69, 9.17) is 4.74 Å². The number of nitrogens with one attached hydrogen (secondary N) is 1. The summed E-state index contributed by atoms with van der Waals surface area (Å²) in [6.45, 7) is 12.8. The molecule has 1 saturated heterocycles. The Morgan fingerprint density at radius 3 is 2.55 bits per heavy atom. The van der Waals surface area contributed by atoms with Crippen molar-refractivity contribution >= 4 is 5.91 Å². The van der Waals surface area contributed by atoms with Crippen LogP contribution in [-0.4, -0.2) is 53.2 Å². The summed E-state index contributed by atoms with van der Waals surface area (Å²) in [5, 5.41) is 3.02. The second-order valence-corrected chi connectivity index (χ2v) is 6.85. The molecule has 1 amide bonds. The van der Waals surface area contributed by atoms with Crippen LogP contribution in [0, 0.1) is 6.92 Å². The Kier molecular flexibility index (Phi) is 5.19. The zero-order chi connectivity index (χ0) is 16.3. The van der Waals surface area contributed by atoms with Crippen LogP contribution >= 0.6 is 0 Å². The molecule has 5 nitrogen and oxygen atoms in total. The molecule has 122 valence electrons. The number of hydrogen-bond donors (Lipinski definition) is 1. The lowest BCUT2D eigenvalue weighted by molar-refractivity contribution is -0.0948. The van der Waals surface area contributed by atoms with Crippen molar-refractivity contribution in [3.05, 3.63) is 29.6 Å². The van der Waals surface area contributed by atoms with E-state index in [1.807, 2.05) is 19.1 Å². The van der Waals surface area contributed by atoms with Gasteiger partial charge in [-0.3, -0.25) is 14.7 Å². The summed E-state index contributed by atoms with van der Waals surface area (Å²) >= 11 is 0. The molecule has 1 aromatic heterocycles. The van der Waals surface area contributed by atoms with Gasteiger partial charge < -0.3 is 10.1 Å². The number of aromatic nitrogens is 1. The minimum absolute atomic E-state index is 0.0741. The monoisotopic (exact) mass is 305 g/mol. The fraction of sp³-hybridized carbons (Fsp3) is 0.647. The summed E-state index contributed by atoms with van der Waals surface area (Å²) in [6, 6.07) is 3.66. The lowest BCUT2D eigenvalue weighted by atomic mass is 10.00. The summed E-state index contributed by atoms with van der Waals surface area (Å²) in [6.07, 6.45) is 2.07. The standard InChI is InChI=1S/C17H27N3O2/c1-12-6-7-15(8-18-12)16(21)19-11-17(4,5)20-9-13(2)22-14(3)10-20/h6-8,13-14H,9-11H2,1-5H3,(H,19,21). The van der Waals surface area contributed by atoms with Gasteiger partial charge in [0, 0.05) is 37.1 Å². The Morgan fingerprint density at radius 1 is 1.36 bits per heavy atom. The van der Waals surface area contributed by atoms with Crippen molar-refractivity contribution in [1.29, 1.82) is 0 Å². The van der Waals surface area contributed by atoms with Crippen molar-refractivity contribution in [2.75, 3.05) is 19.6 Å². The molecular formula is C17H27N3O2. The average Bonchev–Trinajstić information content (AvgIpc) is 2.44. The van der Waals surface area contributed by atoms with E-state index in [9.17, 15) is 4.79 Å². The van der Waals surface area contributed by atoms with Gasteiger partial charge in [-0.25, -0.2) is 0 Å². The summed E-state index contributed by atoms with van der Waals surface area (Å²) < 4.78 is 5.78. The van der Waals surface area contributed by atoms with Crippen LogP contribution in [0.3, 0.4) is 0 Å². The van der Waals surface area contributed by atoms with Crippen molar-refractivity contribution < 1.29 is 9.53 Å². The predicted molar refractivity (Wildman–Crippen MR) is 87.0 cm³/mol. The molecule has 1 N–H and O–H groups in total. The zero-order valence-corrected chi connectivity index (χ0v) is 14.2. The first-order valence-electron chi connectivity index (χ1n) is 7.89. The lowest BCUT2D eigenvalue weighted by Crippen LogP contribution is -2.58. The highest BCUT2D eigenvalue weighted by atomic mass is 16.5. The van der Waals surface area contributed by atoms with Crippen LogP contribution in [-0.2, 0) is 4.74 Å². The molecule has 0 aromatic carbocycles. The summed E-state index contributed by atoms with van der Waals surface area (Å²) in [7, 11) is 0.